The Labute approximate surface area is 143 Å². The van der Waals surface area contributed by atoms with Gasteiger partial charge in [0.15, 0.2) is 0 Å². The maximum absolute atomic E-state index is 12.3. The van der Waals surface area contributed by atoms with Gasteiger partial charge in [0, 0.05) is 22.0 Å². The van der Waals surface area contributed by atoms with Crippen LogP contribution in [-0.2, 0) is 19.5 Å². The van der Waals surface area contributed by atoms with E-state index < -0.39 is 0 Å². The normalized spacial score (nSPS) is 19.1. The molecule has 10 heteroatoms. The summed E-state index contributed by atoms with van der Waals surface area (Å²) < 4.78 is 5.20. The van der Waals surface area contributed by atoms with Gasteiger partial charge in [-0.1, -0.05) is 24.3 Å². The molecule has 0 aromatic heterocycles. The van der Waals surface area contributed by atoms with Gasteiger partial charge in [-0.3, -0.25) is 4.79 Å². The molecule has 1 aromatic rings. The van der Waals surface area contributed by atoms with Crippen LogP contribution < -0.4 is 0 Å². The zero-order valence-corrected chi connectivity index (χ0v) is 15.1. The van der Waals surface area contributed by atoms with Crippen molar-refractivity contribution in [2.75, 3.05) is 13.2 Å². The van der Waals surface area contributed by atoms with E-state index in [4.69, 9.17) is 16.3 Å². The Kier molecular flexibility index (Phi) is 4.62. The van der Waals surface area contributed by atoms with Gasteiger partial charge in [-0.05, 0) is 11.1 Å². The molecule has 1 heterocycles. The van der Waals surface area contributed by atoms with Crippen molar-refractivity contribution in [2.45, 2.75) is 15.4 Å². The smallest absolute Gasteiger partial charge is 0.248 e. The highest BCUT2D eigenvalue weighted by atomic mass is 35.5. The summed E-state index contributed by atoms with van der Waals surface area (Å²) in [6, 6.07) is 8.21. The van der Waals surface area contributed by atoms with Crippen LogP contribution in [0, 0.1) is 0 Å². The molecule has 110 valence electrons. The molecule has 22 heavy (non-hydrogen) atoms. The number of morpholine rings is 1. The van der Waals surface area contributed by atoms with Gasteiger partial charge in [-0.15, -0.1) is 11.6 Å². The molecule has 1 amide bonds. The van der Waals surface area contributed by atoms with Gasteiger partial charge in [0.05, 0.1) is 0 Å². The molecule has 0 saturated carbocycles. The second-order valence-corrected chi connectivity index (χ2v) is 8.58. The van der Waals surface area contributed by atoms with Gasteiger partial charge in [0.25, 0.3) is 0 Å². The highest BCUT2D eigenvalue weighted by Gasteiger charge is 2.40. The quantitative estimate of drug-likeness (QED) is 0.416. The third-order valence-electron chi connectivity index (χ3n) is 4.38. The molecule has 0 spiro atoms. The molecule has 0 atom stereocenters. The number of nitrogens with zero attached hydrogens (tertiary/aromatic N) is 1. The first-order chi connectivity index (χ1) is 9.93. The van der Waals surface area contributed by atoms with Crippen molar-refractivity contribution in [3.8, 4) is 0 Å². The highest BCUT2D eigenvalue weighted by molar-refractivity contribution is 6.61. The van der Waals surface area contributed by atoms with Crippen molar-refractivity contribution in [3.05, 3.63) is 35.4 Å². The number of rotatable bonds is 3. The van der Waals surface area contributed by atoms with Crippen molar-refractivity contribution in [1.29, 1.82) is 0 Å². The predicted molar refractivity (Wildman–Crippen MR) is 107 cm³/mol. The Morgan fingerprint density at radius 2 is 1.59 bits per heavy atom. The maximum atomic E-state index is 12.3. The summed E-state index contributed by atoms with van der Waals surface area (Å²) in [5.74, 6) is 0.0334. The lowest BCUT2D eigenvalue weighted by Crippen LogP contribution is -2.62. The second kappa shape index (κ2) is 5.76. The SMILES string of the molecule is BC1(B)CN(C(B)(B)c2ccc(C(B)(B)Cl)cc2)C(=O)CO1. The van der Waals surface area contributed by atoms with E-state index >= 15 is 0 Å². The van der Waals surface area contributed by atoms with Gasteiger partial charge in [-0.25, -0.2) is 0 Å². The van der Waals surface area contributed by atoms with Crippen LogP contribution >= 0.6 is 11.6 Å². The lowest BCUT2D eigenvalue weighted by molar-refractivity contribution is -0.149. The van der Waals surface area contributed by atoms with Crippen molar-refractivity contribution in [1.82, 2.24) is 4.90 Å². The Morgan fingerprint density at radius 3 is 2.09 bits per heavy atom. The minimum Gasteiger partial charge on any atom is -0.381 e. The first-order valence-corrected chi connectivity index (χ1v) is 8.06. The van der Waals surface area contributed by atoms with Crippen LogP contribution in [0.25, 0.3) is 0 Å². The standard InChI is InChI=1S/C12H20B6ClNO2/c13-10(14)6-20(9(21)5-22-10)12(17,18)8-3-1-7(2-4-8)11(15,16)19/h1-4H,5-6,13-18H2. The molecule has 1 fully saturated rings. The fourth-order valence-electron chi connectivity index (χ4n) is 2.79. The Hall–Kier alpha value is -0.670. The fraction of sp³-hybridized carbons (Fsp3) is 0.417. The van der Waals surface area contributed by atoms with E-state index in [2.05, 4.69) is 27.8 Å². The number of alkyl halides is 1. The summed E-state index contributed by atoms with van der Waals surface area (Å²) in [6.07, 6.45) is 0. The first kappa shape index (κ1) is 17.7. The van der Waals surface area contributed by atoms with Crippen LogP contribution in [0.2, 0.25) is 0 Å². The molecule has 2 rings (SSSR count). The van der Waals surface area contributed by atoms with Crippen LogP contribution in [0.4, 0.5) is 0 Å². The van der Waals surface area contributed by atoms with Crippen LogP contribution in [0.5, 0.6) is 0 Å². The first-order valence-electron chi connectivity index (χ1n) is 7.68. The van der Waals surface area contributed by atoms with E-state index in [-0.39, 0.29) is 27.9 Å². The molecule has 0 aliphatic carbocycles. The van der Waals surface area contributed by atoms with Crippen LogP contribution in [0.3, 0.4) is 0 Å². The van der Waals surface area contributed by atoms with Crippen LogP contribution in [-0.4, -0.2) is 76.4 Å². The summed E-state index contributed by atoms with van der Waals surface area (Å²) in [5, 5.41) is -0.698. The minimum atomic E-state index is -0.389. The number of halogens is 1. The Bertz CT molecular complexity index is 572. The number of amides is 1. The number of carbonyl (C=O) groups excluding carboxylic acids is 1. The van der Waals surface area contributed by atoms with Crippen molar-refractivity contribution >= 4 is 64.6 Å². The van der Waals surface area contributed by atoms with Crippen molar-refractivity contribution < 1.29 is 9.53 Å². The maximum Gasteiger partial charge on any atom is 0.248 e. The second-order valence-electron chi connectivity index (χ2n) is 7.64. The molecule has 1 aliphatic rings. The Balaban J connectivity index is 2.31. The number of benzene rings is 1. The van der Waals surface area contributed by atoms with E-state index in [1.807, 2.05) is 48.4 Å². The van der Waals surface area contributed by atoms with Gasteiger partial charge in [-0.2, -0.15) is 0 Å². The summed E-state index contributed by atoms with van der Waals surface area (Å²) in [4.78, 5) is 14.2. The molecule has 0 bridgehead atoms. The predicted octanol–water partition coefficient (Wildman–Crippen LogP) is -4.54. The molecular formula is C12H20B6ClNO2. The van der Waals surface area contributed by atoms with E-state index in [9.17, 15) is 4.79 Å². The molecule has 0 unspecified atom stereocenters. The van der Waals surface area contributed by atoms with Crippen LogP contribution in [0.1, 0.15) is 11.1 Å². The largest absolute Gasteiger partial charge is 0.381 e. The zero-order valence-electron chi connectivity index (χ0n) is 14.4. The molecular weight excluding hydrogens is 290 g/mol. The van der Waals surface area contributed by atoms with Crippen molar-refractivity contribution in [3.63, 3.8) is 0 Å². The Morgan fingerprint density at radius 1 is 1.09 bits per heavy atom. The third-order valence-corrected chi connectivity index (χ3v) is 4.60. The third kappa shape index (κ3) is 3.62. The van der Waals surface area contributed by atoms with E-state index in [1.54, 1.807) is 0 Å². The lowest BCUT2D eigenvalue weighted by atomic mass is 9.54. The summed E-state index contributed by atoms with van der Waals surface area (Å²) >= 11 is 6.35. The molecule has 0 radical (unpaired) electrons. The van der Waals surface area contributed by atoms with Crippen molar-refractivity contribution in [2.24, 2.45) is 0 Å². The lowest BCUT2D eigenvalue weighted by Gasteiger charge is -2.47. The minimum absolute atomic E-state index is 0.0334. The molecule has 1 saturated heterocycles. The molecule has 1 aromatic carbocycles. The van der Waals surface area contributed by atoms with Gasteiger partial charge in [0.2, 0.25) is 5.91 Å². The highest BCUT2D eigenvalue weighted by Crippen LogP contribution is 2.29. The van der Waals surface area contributed by atoms with Gasteiger partial charge >= 0.3 is 0 Å². The molecule has 1 aliphatic heterocycles. The molecule has 3 nitrogen and oxygen atoms in total. The van der Waals surface area contributed by atoms with Gasteiger partial charge in [0.1, 0.15) is 53.7 Å². The summed E-state index contributed by atoms with van der Waals surface area (Å²) in [6.45, 7) is 0.727. The molecule has 0 N–H and O–H groups in total. The monoisotopic (exact) mass is 311 g/mol. The van der Waals surface area contributed by atoms with E-state index in [1.165, 1.54) is 0 Å². The van der Waals surface area contributed by atoms with E-state index in [0.717, 1.165) is 11.1 Å². The summed E-state index contributed by atoms with van der Waals surface area (Å²) in [5.41, 5.74) is 2.17. The fourth-order valence-corrected chi connectivity index (χ4v) is 2.92. The topological polar surface area (TPSA) is 29.5 Å². The van der Waals surface area contributed by atoms with Gasteiger partial charge < -0.3 is 9.64 Å². The number of ether oxygens (including phenoxy) is 1. The number of hydrogen-bond acceptors (Lipinski definition) is 2. The average molecular weight is 311 g/mol. The van der Waals surface area contributed by atoms with E-state index in [0.29, 0.717) is 6.54 Å². The number of hydrogen-bond donors (Lipinski definition) is 0. The average Bonchev–Trinajstić information content (AvgIpc) is 2.40. The van der Waals surface area contributed by atoms with Crippen LogP contribution in [0.15, 0.2) is 24.3 Å². The number of carbonyl (C=O) groups is 1. The zero-order chi connectivity index (χ0) is 16.8. The summed E-state index contributed by atoms with van der Waals surface area (Å²) in [7, 11) is 12.1.